The zero-order valence-corrected chi connectivity index (χ0v) is 12.3. The SMILES string of the molecule is COc1ccc2c(c1)C[C@H](C(=O)N(C)[C@@H](C)C(=O)O)CO2. The van der Waals surface area contributed by atoms with Gasteiger partial charge in [0.25, 0.3) is 0 Å². The molecule has 1 amide bonds. The number of fused-ring (bicyclic) bond motifs is 1. The molecule has 0 saturated heterocycles. The second-order valence-electron chi connectivity index (χ2n) is 5.15. The number of carboxylic acid groups (broad SMARTS) is 1. The molecule has 0 radical (unpaired) electrons. The van der Waals surface area contributed by atoms with Gasteiger partial charge in [-0.15, -0.1) is 0 Å². The van der Waals surface area contributed by atoms with E-state index in [0.717, 1.165) is 11.3 Å². The molecule has 1 N–H and O–H groups in total. The molecule has 0 aromatic heterocycles. The highest BCUT2D eigenvalue weighted by Crippen LogP contribution is 2.31. The third-order valence-corrected chi connectivity index (χ3v) is 3.81. The number of methoxy groups -OCH3 is 1. The second-order valence-corrected chi connectivity index (χ2v) is 5.15. The number of benzene rings is 1. The van der Waals surface area contributed by atoms with Gasteiger partial charge in [0.1, 0.15) is 24.1 Å². The van der Waals surface area contributed by atoms with Crippen molar-refractivity contribution in [1.82, 2.24) is 4.90 Å². The predicted molar refractivity (Wildman–Crippen MR) is 75.6 cm³/mol. The maximum atomic E-state index is 12.4. The molecule has 0 unspecified atom stereocenters. The summed E-state index contributed by atoms with van der Waals surface area (Å²) in [4.78, 5) is 24.6. The van der Waals surface area contributed by atoms with Gasteiger partial charge >= 0.3 is 5.97 Å². The molecule has 1 aromatic rings. The average molecular weight is 293 g/mol. The normalized spacial score (nSPS) is 18.1. The molecular formula is C15H19NO5. The van der Waals surface area contributed by atoms with Crippen molar-refractivity contribution in [2.75, 3.05) is 20.8 Å². The van der Waals surface area contributed by atoms with Crippen LogP contribution in [0.4, 0.5) is 0 Å². The van der Waals surface area contributed by atoms with Crippen molar-refractivity contribution < 1.29 is 24.2 Å². The topological polar surface area (TPSA) is 76.1 Å². The Morgan fingerprint density at radius 3 is 2.81 bits per heavy atom. The molecule has 0 bridgehead atoms. The van der Waals surface area contributed by atoms with E-state index in [-0.39, 0.29) is 18.4 Å². The van der Waals surface area contributed by atoms with Crippen molar-refractivity contribution in [3.8, 4) is 11.5 Å². The summed E-state index contributed by atoms with van der Waals surface area (Å²) in [5.74, 6) is -0.175. The minimum absolute atomic E-state index is 0.224. The van der Waals surface area contributed by atoms with Gasteiger partial charge in [0.2, 0.25) is 5.91 Å². The van der Waals surface area contributed by atoms with E-state index >= 15 is 0 Å². The van der Waals surface area contributed by atoms with Gasteiger partial charge in [-0.2, -0.15) is 0 Å². The maximum Gasteiger partial charge on any atom is 0.326 e. The quantitative estimate of drug-likeness (QED) is 0.902. The summed E-state index contributed by atoms with van der Waals surface area (Å²) in [6.07, 6.45) is 0.516. The fourth-order valence-electron chi connectivity index (χ4n) is 2.30. The van der Waals surface area contributed by atoms with Crippen molar-refractivity contribution in [2.45, 2.75) is 19.4 Å². The Balaban J connectivity index is 2.13. The third kappa shape index (κ3) is 3.09. The van der Waals surface area contributed by atoms with Gasteiger partial charge in [0.15, 0.2) is 0 Å². The molecular weight excluding hydrogens is 274 g/mol. The summed E-state index contributed by atoms with van der Waals surface area (Å²) in [7, 11) is 3.08. The Hall–Kier alpha value is -2.24. The molecule has 1 aliphatic rings. The number of aliphatic carboxylic acids is 1. The van der Waals surface area contributed by atoms with Crippen molar-refractivity contribution in [3.63, 3.8) is 0 Å². The molecule has 1 heterocycles. The highest BCUT2D eigenvalue weighted by molar-refractivity contribution is 5.85. The zero-order chi connectivity index (χ0) is 15.6. The van der Waals surface area contributed by atoms with E-state index in [2.05, 4.69) is 0 Å². The van der Waals surface area contributed by atoms with Crippen LogP contribution in [0, 0.1) is 5.92 Å². The van der Waals surface area contributed by atoms with E-state index in [0.29, 0.717) is 12.2 Å². The molecule has 2 rings (SSSR count). The first kappa shape index (κ1) is 15.2. The van der Waals surface area contributed by atoms with E-state index in [1.54, 1.807) is 13.2 Å². The van der Waals surface area contributed by atoms with Gasteiger partial charge in [0.05, 0.1) is 13.0 Å². The summed E-state index contributed by atoms with van der Waals surface area (Å²) in [6.45, 7) is 1.75. The number of hydrogen-bond acceptors (Lipinski definition) is 4. The summed E-state index contributed by atoms with van der Waals surface area (Å²) in [6, 6.07) is 4.61. The van der Waals surface area contributed by atoms with Crippen LogP contribution in [-0.4, -0.2) is 48.7 Å². The lowest BCUT2D eigenvalue weighted by atomic mass is 9.95. The smallest absolute Gasteiger partial charge is 0.326 e. The largest absolute Gasteiger partial charge is 0.497 e. The first-order valence-corrected chi connectivity index (χ1v) is 6.73. The number of ether oxygens (including phenoxy) is 2. The number of rotatable bonds is 4. The number of likely N-dealkylation sites (N-methyl/N-ethyl adjacent to an activating group) is 1. The monoisotopic (exact) mass is 293 g/mol. The Morgan fingerprint density at radius 2 is 2.19 bits per heavy atom. The average Bonchev–Trinajstić information content (AvgIpc) is 2.51. The van der Waals surface area contributed by atoms with Crippen molar-refractivity contribution in [1.29, 1.82) is 0 Å². The minimum atomic E-state index is -1.02. The van der Waals surface area contributed by atoms with Crippen LogP contribution in [0.1, 0.15) is 12.5 Å². The van der Waals surface area contributed by atoms with Gasteiger partial charge in [-0.05, 0) is 37.1 Å². The van der Waals surface area contributed by atoms with Crippen molar-refractivity contribution >= 4 is 11.9 Å². The number of carboxylic acids is 1. The van der Waals surface area contributed by atoms with Gasteiger partial charge in [-0.25, -0.2) is 4.79 Å². The first-order chi connectivity index (χ1) is 9.93. The Kier molecular flexibility index (Phi) is 4.35. The van der Waals surface area contributed by atoms with E-state index < -0.39 is 12.0 Å². The second kappa shape index (κ2) is 6.03. The molecule has 1 aliphatic heterocycles. The summed E-state index contributed by atoms with van der Waals surface area (Å²) >= 11 is 0. The van der Waals surface area contributed by atoms with Gasteiger partial charge in [-0.3, -0.25) is 4.79 Å². The highest BCUT2D eigenvalue weighted by atomic mass is 16.5. The van der Waals surface area contributed by atoms with Crippen molar-refractivity contribution in [2.24, 2.45) is 5.92 Å². The molecule has 0 aliphatic carbocycles. The fraction of sp³-hybridized carbons (Fsp3) is 0.467. The fourth-order valence-corrected chi connectivity index (χ4v) is 2.30. The molecule has 6 nitrogen and oxygen atoms in total. The summed E-state index contributed by atoms with van der Waals surface area (Å²) in [5.41, 5.74) is 0.898. The lowest BCUT2D eigenvalue weighted by molar-refractivity contribution is -0.150. The lowest BCUT2D eigenvalue weighted by Gasteiger charge is -2.30. The highest BCUT2D eigenvalue weighted by Gasteiger charge is 2.32. The van der Waals surface area contributed by atoms with E-state index in [1.165, 1.54) is 18.9 Å². The van der Waals surface area contributed by atoms with Crippen LogP contribution in [0.25, 0.3) is 0 Å². The maximum absolute atomic E-state index is 12.4. The Bertz CT molecular complexity index is 557. The van der Waals surface area contributed by atoms with Crippen LogP contribution in [0.2, 0.25) is 0 Å². The van der Waals surface area contributed by atoms with Gasteiger partial charge in [-0.1, -0.05) is 0 Å². The molecule has 1 aromatic carbocycles. The summed E-state index contributed by atoms with van der Waals surface area (Å²) in [5, 5.41) is 8.98. The molecule has 6 heteroatoms. The molecule has 114 valence electrons. The molecule has 0 saturated carbocycles. The van der Waals surface area contributed by atoms with Crippen LogP contribution in [0.3, 0.4) is 0 Å². The van der Waals surface area contributed by atoms with Crippen LogP contribution < -0.4 is 9.47 Å². The van der Waals surface area contributed by atoms with E-state index in [9.17, 15) is 9.59 Å². The minimum Gasteiger partial charge on any atom is -0.497 e. The number of amides is 1. The third-order valence-electron chi connectivity index (χ3n) is 3.81. The molecule has 2 atom stereocenters. The molecule has 0 fully saturated rings. The van der Waals surface area contributed by atoms with Crippen molar-refractivity contribution in [3.05, 3.63) is 23.8 Å². The Morgan fingerprint density at radius 1 is 1.48 bits per heavy atom. The molecule has 21 heavy (non-hydrogen) atoms. The van der Waals surface area contributed by atoms with Crippen LogP contribution in [0.5, 0.6) is 11.5 Å². The number of carbonyl (C=O) groups is 2. The number of hydrogen-bond donors (Lipinski definition) is 1. The van der Waals surface area contributed by atoms with E-state index in [1.807, 2.05) is 12.1 Å². The van der Waals surface area contributed by atoms with Crippen LogP contribution in [-0.2, 0) is 16.0 Å². The predicted octanol–water partition coefficient (Wildman–Crippen LogP) is 1.18. The van der Waals surface area contributed by atoms with Gasteiger partial charge in [0, 0.05) is 7.05 Å². The first-order valence-electron chi connectivity index (χ1n) is 6.73. The number of nitrogens with zero attached hydrogens (tertiary/aromatic N) is 1. The van der Waals surface area contributed by atoms with Gasteiger partial charge < -0.3 is 19.5 Å². The Labute approximate surface area is 123 Å². The van der Waals surface area contributed by atoms with E-state index in [4.69, 9.17) is 14.6 Å². The van der Waals surface area contributed by atoms with Crippen LogP contribution >= 0.6 is 0 Å². The lowest BCUT2D eigenvalue weighted by Crippen LogP contribution is -2.45. The standard InChI is InChI=1S/C15H19NO5/c1-9(15(18)19)16(2)14(17)11-6-10-7-12(20-3)4-5-13(10)21-8-11/h4-5,7,9,11H,6,8H2,1-3H3,(H,18,19)/t9-,11-/m0/s1. The zero-order valence-electron chi connectivity index (χ0n) is 12.3. The summed E-state index contributed by atoms with van der Waals surface area (Å²) < 4.78 is 10.8. The number of carbonyl (C=O) groups excluding carboxylic acids is 1. The van der Waals surface area contributed by atoms with Crippen LogP contribution in [0.15, 0.2) is 18.2 Å². The molecule has 0 spiro atoms.